The fourth-order valence-corrected chi connectivity index (χ4v) is 4.69. The van der Waals surface area contributed by atoms with Gasteiger partial charge in [-0.2, -0.15) is 0 Å². The monoisotopic (exact) mass is 182 g/mol. The average molecular weight is 182 g/mol. The van der Waals surface area contributed by atoms with Crippen LogP contribution in [-0.2, 0) is 0 Å². The Hall–Kier alpha value is -0.0800. The van der Waals surface area contributed by atoms with Crippen LogP contribution in [0.1, 0.15) is 38.5 Å². The van der Waals surface area contributed by atoms with Gasteiger partial charge < -0.3 is 10.8 Å². The molecular formula is C11H20NO+. The molecule has 0 aromatic carbocycles. The van der Waals surface area contributed by atoms with Gasteiger partial charge in [-0.1, -0.05) is 0 Å². The van der Waals surface area contributed by atoms with E-state index in [4.69, 9.17) is 0 Å². The van der Waals surface area contributed by atoms with Gasteiger partial charge in [0.25, 0.3) is 0 Å². The Bertz CT molecular complexity index is 224. The molecule has 0 aliphatic heterocycles. The van der Waals surface area contributed by atoms with Crippen LogP contribution in [0.15, 0.2) is 0 Å². The van der Waals surface area contributed by atoms with Crippen molar-refractivity contribution < 1.29 is 10.8 Å². The molecule has 2 heteroatoms. The van der Waals surface area contributed by atoms with Gasteiger partial charge in [0.05, 0.1) is 12.1 Å². The number of quaternary nitrogens is 1. The quantitative estimate of drug-likeness (QED) is 0.611. The molecule has 0 unspecified atom stereocenters. The Balaban J connectivity index is 1.95. The Morgan fingerprint density at radius 2 is 1.77 bits per heavy atom. The lowest BCUT2D eigenvalue weighted by Crippen LogP contribution is -2.66. The van der Waals surface area contributed by atoms with Crippen molar-refractivity contribution in [1.29, 1.82) is 0 Å². The van der Waals surface area contributed by atoms with Crippen LogP contribution in [0.25, 0.3) is 0 Å². The highest BCUT2D eigenvalue weighted by Crippen LogP contribution is 2.60. The van der Waals surface area contributed by atoms with E-state index in [0.29, 0.717) is 5.41 Å². The van der Waals surface area contributed by atoms with Gasteiger partial charge in [-0.15, -0.1) is 0 Å². The highest BCUT2D eigenvalue weighted by molar-refractivity contribution is 5.07. The summed E-state index contributed by atoms with van der Waals surface area (Å²) < 4.78 is 0. The van der Waals surface area contributed by atoms with Crippen molar-refractivity contribution in [3.63, 3.8) is 0 Å². The Morgan fingerprint density at radius 1 is 1.15 bits per heavy atom. The van der Waals surface area contributed by atoms with Crippen LogP contribution in [0.5, 0.6) is 0 Å². The van der Waals surface area contributed by atoms with Crippen molar-refractivity contribution in [2.75, 3.05) is 6.54 Å². The van der Waals surface area contributed by atoms with E-state index < -0.39 is 0 Å². The van der Waals surface area contributed by atoms with E-state index in [1.165, 1.54) is 19.3 Å². The first-order chi connectivity index (χ1) is 6.13. The summed E-state index contributed by atoms with van der Waals surface area (Å²) in [5.74, 6) is 1.65. The van der Waals surface area contributed by atoms with Crippen LogP contribution in [0.3, 0.4) is 0 Å². The molecule has 0 heterocycles. The molecule has 2 nitrogen and oxygen atoms in total. The standard InChI is InChI=1S/C11H19NO/c12-7-10-2-8-1-9(3-10)5-11(13,4-8)6-10/h8-9,13H,1-7,12H2/p+1/t8-,9-,10?,11?/m1/s1. The van der Waals surface area contributed by atoms with E-state index in [-0.39, 0.29) is 5.60 Å². The summed E-state index contributed by atoms with van der Waals surface area (Å²) in [7, 11) is 0. The minimum atomic E-state index is -0.276. The second-order valence-electron chi connectivity index (χ2n) is 5.94. The zero-order valence-corrected chi connectivity index (χ0v) is 8.26. The largest absolute Gasteiger partial charge is 0.390 e. The number of hydrogen-bond donors (Lipinski definition) is 2. The second kappa shape index (κ2) is 2.29. The molecule has 4 fully saturated rings. The lowest BCUT2D eigenvalue weighted by molar-refractivity contribution is -0.407. The molecule has 0 spiro atoms. The van der Waals surface area contributed by atoms with Gasteiger partial charge >= 0.3 is 0 Å². The van der Waals surface area contributed by atoms with Crippen LogP contribution in [0.4, 0.5) is 0 Å². The third-order valence-electron chi connectivity index (χ3n) is 4.68. The minimum absolute atomic E-state index is 0.276. The second-order valence-corrected chi connectivity index (χ2v) is 5.94. The van der Waals surface area contributed by atoms with Crippen molar-refractivity contribution in [3.05, 3.63) is 0 Å². The maximum atomic E-state index is 10.4. The molecular weight excluding hydrogens is 162 g/mol. The van der Waals surface area contributed by atoms with Crippen molar-refractivity contribution in [1.82, 2.24) is 0 Å². The average Bonchev–Trinajstić information content (AvgIpc) is 1.99. The molecule has 4 bridgehead atoms. The summed E-state index contributed by atoms with van der Waals surface area (Å²) in [4.78, 5) is 0. The van der Waals surface area contributed by atoms with Crippen molar-refractivity contribution >= 4 is 0 Å². The molecule has 4 aliphatic carbocycles. The summed E-state index contributed by atoms with van der Waals surface area (Å²) in [5, 5.41) is 10.4. The molecule has 2 atom stereocenters. The lowest BCUT2D eigenvalue weighted by atomic mass is 9.48. The number of hydrogen-bond acceptors (Lipinski definition) is 1. The van der Waals surface area contributed by atoms with Crippen molar-refractivity contribution in [2.24, 2.45) is 17.3 Å². The first kappa shape index (κ1) is 8.25. The lowest BCUT2D eigenvalue weighted by Gasteiger charge is -2.59. The maximum Gasteiger partial charge on any atom is 0.0798 e. The normalized spacial score (nSPS) is 58.6. The summed E-state index contributed by atoms with van der Waals surface area (Å²) in [6.07, 6.45) is 7.34. The Kier molecular flexibility index (Phi) is 1.45. The van der Waals surface area contributed by atoms with E-state index in [1.807, 2.05) is 0 Å². The van der Waals surface area contributed by atoms with Gasteiger partial charge in [0.2, 0.25) is 0 Å². The van der Waals surface area contributed by atoms with Crippen LogP contribution in [0.2, 0.25) is 0 Å². The highest BCUT2D eigenvalue weighted by atomic mass is 16.3. The van der Waals surface area contributed by atoms with Crippen LogP contribution in [-0.4, -0.2) is 17.3 Å². The summed E-state index contributed by atoms with van der Waals surface area (Å²) >= 11 is 0. The van der Waals surface area contributed by atoms with E-state index in [9.17, 15) is 5.11 Å². The van der Waals surface area contributed by atoms with E-state index in [1.54, 1.807) is 0 Å². The van der Waals surface area contributed by atoms with E-state index >= 15 is 0 Å². The van der Waals surface area contributed by atoms with E-state index in [0.717, 1.165) is 37.6 Å². The van der Waals surface area contributed by atoms with Crippen LogP contribution < -0.4 is 5.73 Å². The van der Waals surface area contributed by atoms with Gasteiger partial charge in [0.15, 0.2) is 0 Å². The molecule has 0 radical (unpaired) electrons. The number of aliphatic hydroxyl groups is 1. The Labute approximate surface area is 79.5 Å². The SMILES string of the molecule is [NH3+]CC12C[C@H]3C[C@@H](CC(O)(C3)C1)C2. The fourth-order valence-electron chi connectivity index (χ4n) is 4.69. The van der Waals surface area contributed by atoms with Crippen molar-refractivity contribution in [3.8, 4) is 0 Å². The third-order valence-corrected chi connectivity index (χ3v) is 4.68. The van der Waals surface area contributed by atoms with Crippen LogP contribution >= 0.6 is 0 Å². The molecule has 4 rings (SSSR count). The summed E-state index contributed by atoms with van der Waals surface area (Å²) in [6.45, 7) is 1.04. The minimum Gasteiger partial charge on any atom is -0.390 e. The summed E-state index contributed by atoms with van der Waals surface area (Å²) in [6, 6.07) is 0. The molecule has 4 saturated carbocycles. The predicted octanol–water partition coefficient (Wildman–Crippen LogP) is 0.560. The molecule has 0 aromatic heterocycles. The van der Waals surface area contributed by atoms with Crippen LogP contribution in [0, 0.1) is 17.3 Å². The molecule has 0 saturated heterocycles. The first-order valence-corrected chi connectivity index (χ1v) is 5.65. The van der Waals surface area contributed by atoms with Gasteiger partial charge in [-0.05, 0) is 50.4 Å². The maximum absolute atomic E-state index is 10.4. The predicted molar refractivity (Wildman–Crippen MR) is 49.8 cm³/mol. The molecule has 13 heavy (non-hydrogen) atoms. The highest BCUT2D eigenvalue weighted by Gasteiger charge is 2.57. The number of rotatable bonds is 1. The van der Waals surface area contributed by atoms with Gasteiger partial charge in [-0.25, -0.2) is 0 Å². The fraction of sp³-hybridized carbons (Fsp3) is 1.00. The topological polar surface area (TPSA) is 47.9 Å². The van der Waals surface area contributed by atoms with E-state index in [2.05, 4.69) is 5.73 Å². The zero-order chi connectivity index (χ0) is 9.10. The van der Waals surface area contributed by atoms with Gasteiger partial charge in [0, 0.05) is 5.41 Å². The molecule has 0 aromatic rings. The summed E-state index contributed by atoms with van der Waals surface area (Å²) in [5.41, 5.74) is 4.26. The molecule has 4 aliphatic rings. The molecule has 4 N–H and O–H groups in total. The Morgan fingerprint density at radius 3 is 2.23 bits per heavy atom. The third kappa shape index (κ3) is 1.08. The first-order valence-electron chi connectivity index (χ1n) is 5.65. The zero-order valence-electron chi connectivity index (χ0n) is 8.26. The van der Waals surface area contributed by atoms with Crippen molar-refractivity contribution in [2.45, 2.75) is 44.1 Å². The van der Waals surface area contributed by atoms with Gasteiger partial charge in [-0.3, -0.25) is 0 Å². The smallest absolute Gasteiger partial charge is 0.0798 e. The van der Waals surface area contributed by atoms with Gasteiger partial charge in [0.1, 0.15) is 0 Å². The molecule has 0 amide bonds. The molecule has 74 valence electrons.